The van der Waals surface area contributed by atoms with Crippen molar-refractivity contribution < 1.29 is 14.2 Å². The zero-order valence-electron chi connectivity index (χ0n) is 16.8. The highest BCUT2D eigenvalue weighted by molar-refractivity contribution is 5.41. The lowest BCUT2D eigenvalue weighted by Crippen LogP contribution is -2.37. The quantitative estimate of drug-likeness (QED) is 0.651. The first-order chi connectivity index (χ1) is 14.2. The van der Waals surface area contributed by atoms with Gasteiger partial charge in [0.25, 0.3) is 0 Å². The molecule has 0 aromatic heterocycles. The molecule has 0 fully saturated rings. The molecular formula is C24H24N2O3. The Morgan fingerprint density at radius 1 is 0.724 bits per heavy atom. The highest BCUT2D eigenvalue weighted by atomic mass is 16.5. The third kappa shape index (κ3) is 3.90. The summed E-state index contributed by atoms with van der Waals surface area (Å²) in [6, 6.07) is 22.3. The van der Waals surface area contributed by atoms with Crippen LogP contribution in [0.15, 0.2) is 71.7 Å². The van der Waals surface area contributed by atoms with Crippen LogP contribution < -0.4 is 24.8 Å². The fourth-order valence-electron chi connectivity index (χ4n) is 3.59. The maximum atomic E-state index is 5.39. The minimum atomic E-state index is 0.00918. The summed E-state index contributed by atoms with van der Waals surface area (Å²) >= 11 is 0. The van der Waals surface area contributed by atoms with Crippen molar-refractivity contribution in [3.63, 3.8) is 0 Å². The van der Waals surface area contributed by atoms with E-state index in [0.717, 1.165) is 39.0 Å². The minimum Gasteiger partial charge on any atom is -0.497 e. The molecule has 5 nitrogen and oxygen atoms in total. The largest absolute Gasteiger partial charge is 0.497 e. The summed E-state index contributed by atoms with van der Waals surface area (Å²) in [5.74, 6) is 2.50. The van der Waals surface area contributed by atoms with Crippen LogP contribution in [0.25, 0.3) is 6.20 Å². The van der Waals surface area contributed by atoms with E-state index in [4.69, 9.17) is 19.2 Å². The van der Waals surface area contributed by atoms with Crippen LogP contribution in [0.4, 0.5) is 0 Å². The Bertz CT molecular complexity index is 1040. The Balaban J connectivity index is 1.79. The van der Waals surface area contributed by atoms with E-state index in [1.807, 2.05) is 42.5 Å². The molecule has 0 saturated carbocycles. The molecule has 3 aromatic carbocycles. The molecule has 1 aliphatic heterocycles. The Hall–Kier alpha value is -3.47. The standard InChI is InChI=1S/C24H24N2O3/c1-27-20-8-4-17(5-9-20)24(18-6-10-21(28-2)11-7-18)26-15-19-14-22(29-3)12-13-23(19)25-16-26/h4-15,24H,16H2,1-3H3. The molecule has 3 aromatic rings. The molecule has 148 valence electrons. The van der Waals surface area contributed by atoms with Crippen molar-refractivity contribution in [3.05, 3.63) is 88.4 Å². The van der Waals surface area contributed by atoms with Gasteiger partial charge in [-0.1, -0.05) is 24.3 Å². The molecule has 0 aliphatic carbocycles. The van der Waals surface area contributed by atoms with Crippen molar-refractivity contribution >= 4 is 6.20 Å². The van der Waals surface area contributed by atoms with Crippen LogP contribution in [0.1, 0.15) is 17.2 Å². The second-order valence-corrected chi connectivity index (χ2v) is 6.82. The van der Waals surface area contributed by atoms with Crippen molar-refractivity contribution in [2.45, 2.75) is 6.04 Å². The van der Waals surface area contributed by atoms with Crippen molar-refractivity contribution in [1.82, 2.24) is 4.90 Å². The third-order valence-corrected chi connectivity index (χ3v) is 5.14. The highest BCUT2D eigenvalue weighted by Crippen LogP contribution is 2.31. The summed E-state index contributed by atoms with van der Waals surface area (Å²) in [6.07, 6.45) is 2.16. The van der Waals surface area contributed by atoms with E-state index < -0.39 is 0 Å². The molecule has 0 radical (unpaired) electrons. The fraction of sp³-hybridized carbons (Fsp3) is 0.208. The number of benzene rings is 3. The maximum Gasteiger partial charge on any atom is 0.119 e. The van der Waals surface area contributed by atoms with Gasteiger partial charge in [0.05, 0.1) is 32.7 Å². The van der Waals surface area contributed by atoms with Crippen LogP contribution in [0.3, 0.4) is 0 Å². The van der Waals surface area contributed by atoms with E-state index in [-0.39, 0.29) is 6.04 Å². The van der Waals surface area contributed by atoms with Crippen molar-refractivity contribution in [3.8, 4) is 17.2 Å². The maximum absolute atomic E-state index is 5.39. The molecule has 0 N–H and O–H groups in total. The fourth-order valence-corrected chi connectivity index (χ4v) is 3.59. The van der Waals surface area contributed by atoms with Gasteiger partial charge in [-0.05, 0) is 53.6 Å². The molecule has 4 rings (SSSR count). The monoisotopic (exact) mass is 388 g/mol. The van der Waals surface area contributed by atoms with E-state index >= 15 is 0 Å². The molecular weight excluding hydrogens is 364 g/mol. The SMILES string of the molecule is COc1ccc(C(c2ccc(OC)cc2)N2C=c3cc(OC)ccc3=NC2)cc1. The van der Waals surface area contributed by atoms with Crippen LogP contribution in [-0.2, 0) is 0 Å². The first-order valence-electron chi connectivity index (χ1n) is 9.46. The first-order valence-corrected chi connectivity index (χ1v) is 9.46. The van der Waals surface area contributed by atoms with Gasteiger partial charge in [-0.2, -0.15) is 0 Å². The number of rotatable bonds is 6. The van der Waals surface area contributed by atoms with Gasteiger partial charge in [0.15, 0.2) is 0 Å². The summed E-state index contributed by atoms with van der Waals surface area (Å²) in [5.41, 5.74) is 2.32. The van der Waals surface area contributed by atoms with E-state index in [1.54, 1.807) is 21.3 Å². The van der Waals surface area contributed by atoms with Gasteiger partial charge in [0, 0.05) is 11.4 Å². The molecule has 0 amide bonds. The summed E-state index contributed by atoms with van der Waals surface area (Å²) < 4.78 is 16.1. The first kappa shape index (κ1) is 18.9. The smallest absolute Gasteiger partial charge is 0.119 e. The summed E-state index contributed by atoms with van der Waals surface area (Å²) in [5, 5.41) is 2.02. The average molecular weight is 388 g/mol. The number of ether oxygens (including phenoxy) is 3. The molecule has 5 heteroatoms. The number of nitrogens with zero attached hydrogens (tertiary/aromatic N) is 2. The van der Waals surface area contributed by atoms with Gasteiger partial charge >= 0.3 is 0 Å². The van der Waals surface area contributed by atoms with Crippen LogP contribution in [0, 0.1) is 0 Å². The lowest BCUT2D eigenvalue weighted by atomic mass is 9.97. The Morgan fingerprint density at radius 3 is 1.76 bits per heavy atom. The van der Waals surface area contributed by atoms with E-state index in [0.29, 0.717) is 6.67 Å². The van der Waals surface area contributed by atoms with Crippen LogP contribution in [0.2, 0.25) is 0 Å². The molecule has 1 aliphatic rings. The van der Waals surface area contributed by atoms with Crippen LogP contribution in [-0.4, -0.2) is 32.9 Å². The molecule has 0 saturated heterocycles. The molecule has 0 atom stereocenters. The van der Waals surface area contributed by atoms with E-state index in [1.165, 1.54) is 0 Å². The Labute approximate surface area is 170 Å². The van der Waals surface area contributed by atoms with Gasteiger partial charge in [0.2, 0.25) is 0 Å². The van der Waals surface area contributed by atoms with Gasteiger partial charge in [-0.15, -0.1) is 0 Å². The topological polar surface area (TPSA) is 43.3 Å². The molecule has 0 bridgehead atoms. The summed E-state index contributed by atoms with van der Waals surface area (Å²) in [6.45, 7) is 0.571. The van der Waals surface area contributed by atoms with Crippen LogP contribution >= 0.6 is 0 Å². The van der Waals surface area contributed by atoms with Gasteiger partial charge in [0.1, 0.15) is 23.9 Å². The van der Waals surface area contributed by atoms with E-state index in [2.05, 4.69) is 35.4 Å². The average Bonchev–Trinajstić information content (AvgIpc) is 2.79. The minimum absolute atomic E-state index is 0.00918. The number of methoxy groups -OCH3 is 3. The van der Waals surface area contributed by atoms with Crippen LogP contribution in [0.5, 0.6) is 17.2 Å². The molecule has 29 heavy (non-hydrogen) atoms. The van der Waals surface area contributed by atoms with Crippen molar-refractivity contribution in [2.24, 2.45) is 4.99 Å². The van der Waals surface area contributed by atoms with Crippen molar-refractivity contribution in [2.75, 3.05) is 28.0 Å². The van der Waals surface area contributed by atoms with Gasteiger partial charge in [-0.3, -0.25) is 4.99 Å². The normalized spacial score (nSPS) is 12.6. The number of hydrogen-bond acceptors (Lipinski definition) is 5. The zero-order valence-corrected chi connectivity index (χ0v) is 16.8. The predicted molar refractivity (Wildman–Crippen MR) is 113 cm³/mol. The summed E-state index contributed by atoms with van der Waals surface area (Å²) in [4.78, 5) is 7.02. The van der Waals surface area contributed by atoms with Gasteiger partial charge < -0.3 is 19.1 Å². The molecule has 0 spiro atoms. The number of fused-ring (bicyclic) bond motifs is 1. The molecule has 0 unspecified atom stereocenters. The van der Waals surface area contributed by atoms with E-state index in [9.17, 15) is 0 Å². The highest BCUT2D eigenvalue weighted by Gasteiger charge is 2.21. The molecule has 1 heterocycles. The second kappa shape index (κ2) is 8.27. The number of hydrogen-bond donors (Lipinski definition) is 0. The zero-order chi connectivity index (χ0) is 20.2. The summed E-state index contributed by atoms with van der Waals surface area (Å²) in [7, 11) is 5.03. The van der Waals surface area contributed by atoms with Crippen molar-refractivity contribution in [1.29, 1.82) is 0 Å². The predicted octanol–water partition coefficient (Wildman–Crippen LogP) is 3.13. The lowest BCUT2D eigenvalue weighted by Gasteiger charge is -2.32. The Morgan fingerprint density at radius 2 is 1.24 bits per heavy atom. The van der Waals surface area contributed by atoms with Gasteiger partial charge in [-0.25, -0.2) is 0 Å². The third-order valence-electron chi connectivity index (χ3n) is 5.14. The second-order valence-electron chi connectivity index (χ2n) is 6.82. The Kier molecular flexibility index (Phi) is 5.38. The lowest BCUT2D eigenvalue weighted by molar-refractivity contribution is 0.349.